The Morgan fingerprint density at radius 1 is 0.500 bits per heavy atom. The Balaban J connectivity index is 0.000000124. The van der Waals surface area contributed by atoms with E-state index in [0.717, 1.165) is 48.9 Å². The summed E-state index contributed by atoms with van der Waals surface area (Å²) in [5, 5.41) is 10.7. The Hall–Kier alpha value is -7.10. The molecule has 0 aromatic heterocycles. The highest BCUT2D eigenvalue weighted by Crippen LogP contribution is 2.82. The van der Waals surface area contributed by atoms with Crippen LogP contribution >= 0.6 is 0 Å². The number of benzene rings is 3. The van der Waals surface area contributed by atoms with Crippen molar-refractivity contribution in [3.63, 3.8) is 0 Å². The summed E-state index contributed by atoms with van der Waals surface area (Å²) in [6, 6.07) is 29.3. The van der Waals surface area contributed by atoms with Crippen molar-refractivity contribution in [1.82, 2.24) is 14.7 Å². The minimum atomic E-state index is -0.884. The molecule has 6 fully saturated rings. The minimum absolute atomic E-state index is 0.0415. The van der Waals surface area contributed by atoms with Gasteiger partial charge in [0.25, 0.3) is 0 Å². The van der Waals surface area contributed by atoms with Gasteiger partial charge in [-0.15, -0.1) is 0 Å². The maximum absolute atomic E-state index is 13.6. The Bertz CT molecular complexity index is 2950. The lowest BCUT2D eigenvalue weighted by Gasteiger charge is -2.52. The fourth-order valence-corrected chi connectivity index (χ4v) is 15.9. The van der Waals surface area contributed by atoms with Crippen LogP contribution in [0.4, 0.5) is 0 Å². The largest absolute Gasteiger partial charge is 0.523 e. The van der Waals surface area contributed by atoms with Gasteiger partial charge in [0, 0.05) is 78.2 Å². The third-order valence-corrected chi connectivity index (χ3v) is 20.1. The summed E-state index contributed by atoms with van der Waals surface area (Å²) in [4.78, 5) is 82.4. The number of amides is 3. The predicted molar refractivity (Wildman–Crippen MR) is 271 cm³/mol. The quantitative estimate of drug-likeness (QED) is 0.245. The van der Waals surface area contributed by atoms with Gasteiger partial charge in [-0.3, -0.25) is 14.4 Å². The highest BCUT2D eigenvalue weighted by molar-refractivity contribution is 6.11. The zero-order valence-corrected chi connectivity index (χ0v) is 42.2. The molecule has 0 radical (unpaired) electrons. The standard InChI is InChI=1S/C20H22N2O2.2C20H20N2O2/c3*1-4-22-11-10-19-13-18(19,2)16(23)15(21-3)12-20(19,17(22)24)14-8-6-5-7-9-14/h5-9,23H,4,10-13H2,1-2H3;2*5-9,12H,4,10-11,13H2,1-2H3/t3*18-,19-,20-/m010/s1. The van der Waals surface area contributed by atoms with Gasteiger partial charge in [0.15, 0.2) is 11.6 Å². The number of hydrogen-bond acceptors (Lipinski definition) is 6. The molecule has 72 heavy (non-hydrogen) atoms. The molecule has 3 aliphatic heterocycles. The van der Waals surface area contributed by atoms with E-state index in [2.05, 4.69) is 14.5 Å². The smallest absolute Gasteiger partial charge is 0.236 e. The SMILES string of the molecule is [C-]#[N+]C1=C(O)[C@]2(C)C[C@@]23CCN(CC)C(=O)[C@@]3(c2ccccc2)C1.[C-]#[N+]C1=C[C@@]2(c3ccccc3)C(=O)N(CC)CC[C@]23C[C@]3(C)C1=O.[C-]#[N+]C1=C[C@]2(c3ccccc3)C(=O)N(CC)CC[C@@]23C[C@@]3(C)C1=O. The van der Waals surface area contributed by atoms with Crippen LogP contribution in [0.15, 0.2) is 126 Å². The van der Waals surface area contributed by atoms with E-state index >= 15 is 0 Å². The maximum atomic E-state index is 13.6. The van der Waals surface area contributed by atoms with Gasteiger partial charge in [-0.05, 0) is 76.0 Å². The fraction of sp³-hybridized carbons (Fsp3) is 0.467. The van der Waals surface area contributed by atoms with Crippen molar-refractivity contribution < 1.29 is 29.1 Å². The third kappa shape index (κ3) is 5.68. The van der Waals surface area contributed by atoms with Crippen LogP contribution in [0.25, 0.3) is 14.5 Å². The maximum Gasteiger partial charge on any atom is 0.236 e. The number of hydrogen-bond donors (Lipinski definition) is 1. The first kappa shape index (κ1) is 48.5. The molecule has 3 heterocycles. The summed E-state index contributed by atoms with van der Waals surface area (Å²) in [7, 11) is 0. The first-order chi connectivity index (χ1) is 34.4. The number of likely N-dealkylation sites (tertiary alicyclic amines) is 3. The number of nitrogens with zero attached hydrogens (tertiary/aromatic N) is 6. The number of allylic oxidation sites excluding steroid dienone is 4. The number of carbonyl (C=O) groups excluding carboxylic acids is 5. The van der Waals surface area contributed by atoms with E-state index < -0.39 is 32.5 Å². The van der Waals surface area contributed by atoms with Gasteiger partial charge in [-0.25, -0.2) is 14.5 Å². The molecule has 3 aromatic rings. The molecule has 9 atom stereocenters. The summed E-state index contributed by atoms with van der Waals surface area (Å²) >= 11 is 0. The topological polar surface area (TPSA) is 128 Å². The lowest BCUT2D eigenvalue weighted by atomic mass is 9.56. The van der Waals surface area contributed by atoms with Gasteiger partial charge in [0.1, 0.15) is 5.76 Å². The lowest BCUT2D eigenvalue weighted by Crippen LogP contribution is -2.60. The van der Waals surface area contributed by atoms with Gasteiger partial charge in [-0.1, -0.05) is 124 Å². The van der Waals surface area contributed by atoms with Crippen molar-refractivity contribution in [3.8, 4) is 0 Å². The number of carbonyl (C=O) groups is 5. The summed E-state index contributed by atoms with van der Waals surface area (Å²) < 4.78 is 0. The van der Waals surface area contributed by atoms with Gasteiger partial charge in [0.2, 0.25) is 34.8 Å². The van der Waals surface area contributed by atoms with Crippen molar-refractivity contribution in [1.29, 1.82) is 0 Å². The van der Waals surface area contributed by atoms with E-state index in [4.69, 9.17) is 19.7 Å². The number of piperidine rings is 3. The van der Waals surface area contributed by atoms with Crippen molar-refractivity contribution in [2.24, 2.45) is 32.5 Å². The molecule has 3 spiro atoms. The van der Waals surface area contributed by atoms with Gasteiger partial charge in [0.05, 0.1) is 36.0 Å². The van der Waals surface area contributed by atoms with Crippen LogP contribution in [0.1, 0.15) is 103 Å². The third-order valence-electron chi connectivity index (χ3n) is 20.1. The Morgan fingerprint density at radius 3 is 1.24 bits per heavy atom. The lowest BCUT2D eigenvalue weighted by molar-refractivity contribution is -0.147. The predicted octanol–water partition coefficient (Wildman–Crippen LogP) is 9.58. The van der Waals surface area contributed by atoms with Crippen LogP contribution in [0, 0.1) is 52.2 Å². The van der Waals surface area contributed by atoms with E-state index in [1.54, 1.807) is 12.2 Å². The second-order valence-electron chi connectivity index (χ2n) is 22.3. The number of aliphatic hydroxyl groups excluding tert-OH is 1. The van der Waals surface area contributed by atoms with Crippen molar-refractivity contribution in [3.05, 3.63) is 177 Å². The monoisotopic (exact) mass is 962 g/mol. The van der Waals surface area contributed by atoms with Gasteiger partial charge < -0.3 is 29.4 Å². The van der Waals surface area contributed by atoms with Crippen LogP contribution in [-0.4, -0.2) is 88.4 Å². The molecule has 3 saturated carbocycles. The van der Waals surface area contributed by atoms with Crippen molar-refractivity contribution >= 4 is 29.3 Å². The average Bonchev–Trinajstić information content (AvgIpc) is 4.35. The van der Waals surface area contributed by atoms with E-state index in [1.165, 1.54) is 0 Å². The molecule has 6 aliphatic carbocycles. The molecular formula is C60H62N6O6. The average molecular weight is 963 g/mol. The first-order valence-electron chi connectivity index (χ1n) is 25.6. The highest BCUT2D eigenvalue weighted by atomic mass is 16.3. The molecule has 12 nitrogen and oxygen atoms in total. The van der Waals surface area contributed by atoms with Gasteiger partial charge in [-0.2, -0.15) is 0 Å². The number of aliphatic hydroxyl groups is 1. The van der Waals surface area contributed by atoms with Crippen LogP contribution in [-0.2, 0) is 40.2 Å². The molecule has 368 valence electrons. The second-order valence-corrected chi connectivity index (χ2v) is 22.3. The highest BCUT2D eigenvalue weighted by Gasteiger charge is 2.83. The molecule has 3 aromatic carbocycles. The zero-order valence-electron chi connectivity index (χ0n) is 42.2. The number of likely N-dealkylation sites (N-methyl/N-ethyl adjacent to an activating group) is 3. The summed E-state index contributed by atoms with van der Waals surface area (Å²) in [6.07, 6.45) is 8.36. The Kier molecular flexibility index (Phi) is 10.9. The molecule has 0 bridgehead atoms. The van der Waals surface area contributed by atoms with Crippen LogP contribution in [0.3, 0.4) is 0 Å². The number of ketones is 2. The summed E-state index contributed by atoms with van der Waals surface area (Å²) in [6.45, 7) is 38.4. The number of Topliss-reactive ketones (excluding diaryl/α,β-unsaturated/α-hetero) is 2. The molecule has 0 unspecified atom stereocenters. The molecule has 9 aliphatic rings. The summed E-state index contributed by atoms with van der Waals surface area (Å²) in [5.41, 5.74) is -1.72. The van der Waals surface area contributed by atoms with E-state index in [1.807, 2.05) is 147 Å². The van der Waals surface area contributed by atoms with Crippen molar-refractivity contribution in [2.75, 3.05) is 39.3 Å². The van der Waals surface area contributed by atoms with E-state index in [-0.39, 0.29) is 62.7 Å². The van der Waals surface area contributed by atoms with Crippen LogP contribution in [0.2, 0.25) is 0 Å². The molecule has 12 rings (SSSR count). The van der Waals surface area contributed by atoms with Gasteiger partial charge >= 0.3 is 0 Å². The van der Waals surface area contributed by atoms with E-state index in [0.29, 0.717) is 57.7 Å². The number of rotatable bonds is 6. The van der Waals surface area contributed by atoms with Crippen molar-refractivity contribution in [2.45, 2.75) is 103 Å². The molecule has 3 amide bonds. The first-order valence-corrected chi connectivity index (χ1v) is 25.6. The Morgan fingerprint density at radius 2 is 0.861 bits per heavy atom. The molecule has 3 saturated heterocycles. The molecule has 1 N–H and O–H groups in total. The summed E-state index contributed by atoms with van der Waals surface area (Å²) in [5.74, 6) is 0.268. The van der Waals surface area contributed by atoms with E-state index in [9.17, 15) is 29.1 Å². The fourth-order valence-electron chi connectivity index (χ4n) is 15.9. The zero-order chi connectivity index (χ0) is 51.5. The van der Waals surface area contributed by atoms with Crippen LogP contribution in [0.5, 0.6) is 0 Å². The van der Waals surface area contributed by atoms with Crippen LogP contribution < -0.4 is 0 Å². The molecule has 12 heteroatoms. The second kappa shape index (κ2) is 16.2. The normalized spacial score (nSPS) is 37.3. The minimum Gasteiger partial charge on any atom is -0.523 e. The molecular weight excluding hydrogens is 901 g/mol. The Labute approximate surface area is 422 Å².